The van der Waals surface area contributed by atoms with E-state index in [1.807, 2.05) is 12.1 Å². The Kier molecular flexibility index (Phi) is 3.67. The largest absolute Gasteiger partial charge is 0.442 e. The number of hydrogen-bond donors (Lipinski definition) is 1. The summed E-state index contributed by atoms with van der Waals surface area (Å²) in [4.78, 5) is 29.5. The van der Waals surface area contributed by atoms with Gasteiger partial charge in [0.15, 0.2) is 0 Å². The summed E-state index contributed by atoms with van der Waals surface area (Å²) in [7, 11) is 1.61. The molecule has 0 fully saturated rings. The fourth-order valence-corrected chi connectivity index (χ4v) is 3.59. The maximum Gasteiger partial charge on any atom is 0.265 e. The van der Waals surface area contributed by atoms with E-state index in [0.29, 0.717) is 5.76 Å². The van der Waals surface area contributed by atoms with Crippen LogP contribution in [-0.4, -0.2) is 15.5 Å². The van der Waals surface area contributed by atoms with Gasteiger partial charge in [0.1, 0.15) is 17.5 Å². The minimum atomic E-state index is -0.289. The van der Waals surface area contributed by atoms with Crippen LogP contribution < -0.4 is 10.9 Å². The van der Waals surface area contributed by atoms with Crippen molar-refractivity contribution in [3.63, 3.8) is 0 Å². The molecule has 0 spiro atoms. The van der Waals surface area contributed by atoms with E-state index in [9.17, 15) is 9.59 Å². The molecule has 6 heteroatoms. The van der Waals surface area contributed by atoms with Gasteiger partial charge in [0.2, 0.25) is 5.71 Å². The normalized spacial score (nSPS) is 16.6. The summed E-state index contributed by atoms with van der Waals surface area (Å²) < 4.78 is 6.88. The van der Waals surface area contributed by atoms with E-state index in [1.165, 1.54) is 16.5 Å². The molecule has 4 rings (SSSR count). The fraction of sp³-hybridized carbons (Fsp3) is 0.316. The zero-order chi connectivity index (χ0) is 17.6. The topological polar surface area (TPSA) is 77.1 Å². The second kappa shape index (κ2) is 5.88. The highest BCUT2D eigenvalue weighted by atomic mass is 16.3. The second-order valence-electron chi connectivity index (χ2n) is 6.49. The molecule has 0 saturated heterocycles. The number of fused-ring (bicyclic) bond motifs is 2. The number of carbonyl (C=O) groups excluding carboxylic acids is 1. The van der Waals surface area contributed by atoms with Crippen LogP contribution in [0.5, 0.6) is 0 Å². The summed E-state index contributed by atoms with van der Waals surface area (Å²) in [6.45, 7) is 1.69. The monoisotopic (exact) mass is 337 g/mol. The van der Waals surface area contributed by atoms with Gasteiger partial charge in [-0.15, -0.1) is 0 Å². The molecule has 0 aliphatic heterocycles. The van der Waals surface area contributed by atoms with Gasteiger partial charge in [-0.3, -0.25) is 9.59 Å². The smallest absolute Gasteiger partial charge is 0.265 e. The molecular formula is C19H19N3O3. The lowest BCUT2D eigenvalue weighted by Gasteiger charge is -2.26. The van der Waals surface area contributed by atoms with Crippen molar-refractivity contribution in [2.75, 3.05) is 0 Å². The van der Waals surface area contributed by atoms with Crippen LogP contribution in [0, 0.1) is 6.92 Å². The van der Waals surface area contributed by atoms with Crippen LogP contribution in [0.1, 0.15) is 46.1 Å². The molecule has 1 aromatic carbocycles. The first-order valence-corrected chi connectivity index (χ1v) is 8.39. The molecule has 0 radical (unpaired) electrons. The number of hydrogen-bond acceptors (Lipinski definition) is 4. The second-order valence-corrected chi connectivity index (χ2v) is 6.49. The standard InChI is InChI=1S/C19H19N3O3/c1-11-15(16-18(25-11)20-10-22(2)19(16)24)17(23)21-14-9-5-7-12-6-3-4-8-13(12)14/h3-4,6,8,10,14H,5,7,9H2,1-2H3,(H,21,23)/t14-/m0/s1. The van der Waals surface area contributed by atoms with Crippen LogP contribution in [0.4, 0.5) is 0 Å². The fourth-order valence-electron chi connectivity index (χ4n) is 3.59. The number of nitrogens with one attached hydrogen (secondary N) is 1. The number of nitrogens with zero attached hydrogens (tertiary/aromatic N) is 2. The molecule has 1 atom stereocenters. The van der Waals surface area contributed by atoms with Gasteiger partial charge in [0, 0.05) is 7.05 Å². The predicted octanol–water partition coefficient (Wildman–Crippen LogP) is 2.64. The summed E-state index contributed by atoms with van der Waals surface area (Å²) >= 11 is 0. The molecule has 128 valence electrons. The number of furan rings is 1. The Morgan fingerprint density at radius 1 is 1.36 bits per heavy atom. The zero-order valence-electron chi connectivity index (χ0n) is 14.2. The molecule has 0 unspecified atom stereocenters. The third kappa shape index (κ3) is 2.54. The molecule has 3 aromatic rings. The van der Waals surface area contributed by atoms with Gasteiger partial charge >= 0.3 is 0 Å². The number of carbonyl (C=O) groups is 1. The predicted molar refractivity (Wildman–Crippen MR) is 93.6 cm³/mol. The van der Waals surface area contributed by atoms with Crippen molar-refractivity contribution in [2.24, 2.45) is 7.05 Å². The summed E-state index contributed by atoms with van der Waals surface area (Å²) in [5.74, 6) is 0.121. The van der Waals surface area contributed by atoms with Crippen LogP contribution in [0.2, 0.25) is 0 Å². The lowest BCUT2D eigenvalue weighted by molar-refractivity contribution is 0.0932. The van der Waals surface area contributed by atoms with Gasteiger partial charge in [0.05, 0.1) is 11.6 Å². The Morgan fingerprint density at radius 3 is 3.00 bits per heavy atom. The summed E-state index contributed by atoms with van der Waals surface area (Å²) in [5.41, 5.74) is 2.63. The molecule has 0 saturated carbocycles. The third-order valence-corrected chi connectivity index (χ3v) is 4.85. The highest BCUT2D eigenvalue weighted by Crippen LogP contribution is 2.30. The molecule has 1 amide bonds. The Morgan fingerprint density at radius 2 is 2.16 bits per heavy atom. The molecule has 6 nitrogen and oxygen atoms in total. The van der Waals surface area contributed by atoms with Crippen molar-refractivity contribution in [3.05, 3.63) is 63.4 Å². The van der Waals surface area contributed by atoms with E-state index in [0.717, 1.165) is 24.8 Å². The summed E-state index contributed by atoms with van der Waals surface area (Å²) in [6.07, 6.45) is 4.33. The van der Waals surface area contributed by atoms with Crippen LogP contribution in [0.15, 0.2) is 39.8 Å². The number of aromatic nitrogens is 2. The van der Waals surface area contributed by atoms with Crippen LogP contribution in [0.25, 0.3) is 11.1 Å². The van der Waals surface area contributed by atoms with Crippen molar-refractivity contribution < 1.29 is 9.21 Å². The first kappa shape index (κ1) is 15.6. The third-order valence-electron chi connectivity index (χ3n) is 4.85. The van der Waals surface area contributed by atoms with E-state index in [-0.39, 0.29) is 34.2 Å². The molecule has 2 heterocycles. The first-order valence-electron chi connectivity index (χ1n) is 8.39. The minimum Gasteiger partial charge on any atom is -0.442 e. The molecule has 1 aliphatic rings. The Labute approximate surface area is 144 Å². The van der Waals surface area contributed by atoms with Crippen molar-refractivity contribution in [2.45, 2.75) is 32.2 Å². The van der Waals surface area contributed by atoms with Crippen molar-refractivity contribution >= 4 is 17.0 Å². The summed E-state index contributed by atoms with van der Waals surface area (Å²) in [5, 5.41) is 3.32. The van der Waals surface area contributed by atoms with Gasteiger partial charge < -0.3 is 14.3 Å². The van der Waals surface area contributed by atoms with E-state index in [4.69, 9.17) is 4.42 Å². The van der Waals surface area contributed by atoms with Gasteiger partial charge in [-0.05, 0) is 37.3 Å². The Hall–Kier alpha value is -2.89. The zero-order valence-corrected chi connectivity index (χ0v) is 14.2. The van der Waals surface area contributed by atoms with Crippen molar-refractivity contribution in [1.29, 1.82) is 0 Å². The van der Waals surface area contributed by atoms with E-state index in [1.54, 1.807) is 14.0 Å². The van der Waals surface area contributed by atoms with E-state index in [2.05, 4.69) is 22.4 Å². The van der Waals surface area contributed by atoms with E-state index < -0.39 is 0 Å². The quantitative estimate of drug-likeness (QED) is 0.780. The van der Waals surface area contributed by atoms with Crippen LogP contribution in [0.3, 0.4) is 0 Å². The Balaban J connectivity index is 1.74. The average molecular weight is 337 g/mol. The van der Waals surface area contributed by atoms with Gasteiger partial charge in [-0.2, -0.15) is 0 Å². The summed E-state index contributed by atoms with van der Waals surface area (Å²) in [6, 6.07) is 8.11. The first-order chi connectivity index (χ1) is 12.1. The Bertz CT molecular complexity index is 1030. The molecule has 25 heavy (non-hydrogen) atoms. The maximum atomic E-state index is 12.9. The van der Waals surface area contributed by atoms with E-state index >= 15 is 0 Å². The van der Waals surface area contributed by atoms with Gasteiger partial charge in [0.25, 0.3) is 11.5 Å². The van der Waals surface area contributed by atoms with Crippen LogP contribution >= 0.6 is 0 Å². The number of rotatable bonds is 2. The molecule has 1 aliphatic carbocycles. The highest BCUT2D eigenvalue weighted by molar-refractivity contribution is 6.06. The lowest BCUT2D eigenvalue weighted by Crippen LogP contribution is -2.32. The highest BCUT2D eigenvalue weighted by Gasteiger charge is 2.26. The lowest BCUT2D eigenvalue weighted by atomic mass is 9.87. The number of benzene rings is 1. The van der Waals surface area contributed by atoms with Crippen molar-refractivity contribution in [1.82, 2.24) is 14.9 Å². The SMILES string of the molecule is Cc1oc2ncn(C)c(=O)c2c1C(=O)N[C@H]1CCCc2ccccc21. The average Bonchev–Trinajstić information content (AvgIpc) is 2.95. The molecule has 0 bridgehead atoms. The number of aryl methyl sites for hydroxylation is 3. The minimum absolute atomic E-state index is 0.0534. The maximum absolute atomic E-state index is 12.9. The van der Waals surface area contributed by atoms with Gasteiger partial charge in [-0.1, -0.05) is 24.3 Å². The molecular weight excluding hydrogens is 318 g/mol. The van der Waals surface area contributed by atoms with Crippen molar-refractivity contribution in [3.8, 4) is 0 Å². The molecule has 2 aromatic heterocycles. The van der Waals surface area contributed by atoms with Gasteiger partial charge in [-0.25, -0.2) is 4.98 Å². The number of amides is 1. The van der Waals surface area contributed by atoms with Crippen LogP contribution in [-0.2, 0) is 13.5 Å². The molecule has 1 N–H and O–H groups in total.